The highest BCUT2D eigenvalue weighted by Gasteiger charge is 2.30. The van der Waals surface area contributed by atoms with Crippen LogP contribution in [0.2, 0.25) is 0 Å². The van der Waals surface area contributed by atoms with Crippen molar-refractivity contribution < 1.29 is 0 Å². The maximum atomic E-state index is 4.99. The van der Waals surface area contributed by atoms with E-state index in [1.165, 1.54) is 35.0 Å². The van der Waals surface area contributed by atoms with Gasteiger partial charge in [0.05, 0.1) is 5.69 Å². The van der Waals surface area contributed by atoms with Crippen LogP contribution < -0.4 is 10.2 Å². The molecule has 4 heteroatoms. The van der Waals surface area contributed by atoms with Crippen molar-refractivity contribution in [2.75, 3.05) is 11.4 Å². The second kappa shape index (κ2) is 6.90. The molecule has 20 heavy (non-hydrogen) atoms. The quantitative estimate of drug-likeness (QED) is 0.781. The lowest BCUT2D eigenvalue weighted by atomic mass is 10.2. The largest absolute Gasteiger partial charge is 0.346 e. The fourth-order valence-corrected chi connectivity index (χ4v) is 3.69. The van der Waals surface area contributed by atoms with Gasteiger partial charge in [-0.05, 0) is 33.1 Å². The summed E-state index contributed by atoms with van der Waals surface area (Å²) >= 11 is 1.90. The Morgan fingerprint density at radius 2 is 2.00 bits per heavy atom. The monoisotopic (exact) mass is 295 g/mol. The summed E-state index contributed by atoms with van der Waals surface area (Å²) in [4.78, 5) is 8.91. The van der Waals surface area contributed by atoms with Gasteiger partial charge in [-0.15, -0.1) is 11.3 Å². The number of rotatable bonds is 8. The molecule has 2 rings (SSSR count). The molecule has 1 aromatic rings. The van der Waals surface area contributed by atoms with Crippen LogP contribution in [0.3, 0.4) is 0 Å². The molecule has 3 nitrogen and oxygen atoms in total. The third-order valence-electron chi connectivity index (χ3n) is 4.06. The first-order valence-electron chi connectivity index (χ1n) is 8.06. The molecule has 1 saturated carbocycles. The van der Waals surface area contributed by atoms with E-state index in [4.69, 9.17) is 4.98 Å². The molecule has 0 aliphatic heterocycles. The molecule has 0 saturated heterocycles. The van der Waals surface area contributed by atoms with Crippen molar-refractivity contribution >= 4 is 16.5 Å². The first-order valence-corrected chi connectivity index (χ1v) is 8.88. The Morgan fingerprint density at radius 1 is 1.30 bits per heavy atom. The lowest BCUT2D eigenvalue weighted by Crippen LogP contribution is -2.32. The summed E-state index contributed by atoms with van der Waals surface area (Å²) in [5.41, 5.74) is 1.37. The van der Waals surface area contributed by atoms with Gasteiger partial charge in [-0.2, -0.15) is 0 Å². The van der Waals surface area contributed by atoms with Crippen LogP contribution in [0, 0.1) is 0 Å². The maximum Gasteiger partial charge on any atom is 0.186 e. The fraction of sp³-hybridized carbons (Fsp3) is 0.812. The molecule has 1 N–H and O–H groups in total. The van der Waals surface area contributed by atoms with E-state index in [0.29, 0.717) is 12.1 Å². The number of hydrogen-bond donors (Lipinski definition) is 1. The molecule has 1 aliphatic carbocycles. The minimum atomic E-state index is 0.532. The van der Waals surface area contributed by atoms with Gasteiger partial charge in [0.2, 0.25) is 0 Å². The molecule has 0 spiro atoms. The number of thiazole rings is 1. The number of hydrogen-bond acceptors (Lipinski definition) is 4. The summed E-state index contributed by atoms with van der Waals surface area (Å²) < 4.78 is 0. The Balaban J connectivity index is 2.19. The van der Waals surface area contributed by atoms with E-state index in [9.17, 15) is 0 Å². The van der Waals surface area contributed by atoms with Crippen LogP contribution in [0.4, 0.5) is 5.13 Å². The van der Waals surface area contributed by atoms with Crippen LogP contribution in [0.1, 0.15) is 70.4 Å². The van der Waals surface area contributed by atoms with E-state index in [0.717, 1.165) is 19.0 Å². The zero-order valence-corrected chi connectivity index (χ0v) is 14.4. The van der Waals surface area contributed by atoms with E-state index < -0.39 is 0 Å². The molecular weight excluding hydrogens is 266 g/mol. The van der Waals surface area contributed by atoms with Gasteiger partial charge in [0.15, 0.2) is 5.13 Å². The van der Waals surface area contributed by atoms with Gasteiger partial charge in [0, 0.05) is 36.0 Å². The van der Waals surface area contributed by atoms with Gasteiger partial charge in [0.25, 0.3) is 0 Å². The van der Waals surface area contributed by atoms with Crippen molar-refractivity contribution in [2.24, 2.45) is 0 Å². The zero-order valence-electron chi connectivity index (χ0n) is 13.6. The van der Waals surface area contributed by atoms with E-state index >= 15 is 0 Å². The smallest absolute Gasteiger partial charge is 0.186 e. The maximum absolute atomic E-state index is 4.99. The standard InChI is InChI=1S/C16H29N3S/c1-6-12(5)19(7-2)16-18-15(13-8-9-13)14(20-16)10-17-11(3)4/h11-13,17H,6-10H2,1-5H3. The highest BCUT2D eigenvalue weighted by molar-refractivity contribution is 7.15. The van der Waals surface area contributed by atoms with E-state index in [1.54, 1.807) is 0 Å². The molecule has 1 aliphatic rings. The number of anilines is 1. The van der Waals surface area contributed by atoms with Crippen LogP contribution in [0.15, 0.2) is 0 Å². The fourth-order valence-electron chi connectivity index (χ4n) is 2.43. The minimum Gasteiger partial charge on any atom is -0.346 e. The summed E-state index contributed by atoms with van der Waals surface area (Å²) in [5.74, 6) is 0.736. The summed E-state index contributed by atoms with van der Waals surface area (Å²) in [7, 11) is 0. The van der Waals surface area contributed by atoms with Gasteiger partial charge < -0.3 is 10.2 Å². The predicted molar refractivity (Wildman–Crippen MR) is 88.8 cm³/mol. The van der Waals surface area contributed by atoms with Crippen LogP contribution >= 0.6 is 11.3 Å². The highest BCUT2D eigenvalue weighted by Crippen LogP contribution is 2.44. The molecule has 0 bridgehead atoms. The average Bonchev–Trinajstić information content (AvgIpc) is 3.18. The molecular formula is C16H29N3S. The molecule has 1 heterocycles. The van der Waals surface area contributed by atoms with Crippen molar-refractivity contribution in [3.05, 3.63) is 10.6 Å². The van der Waals surface area contributed by atoms with E-state index in [1.807, 2.05) is 11.3 Å². The first-order chi connectivity index (χ1) is 9.56. The zero-order chi connectivity index (χ0) is 14.7. The lowest BCUT2D eigenvalue weighted by Gasteiger charge is -2.26. The predicted octanol–water partition coefficient (Wildman–Crippen LogP) is 4.14. The summed E-state index contributed by atoms with van der Waals surface area (Å²) in [5, 5.41) is 4.78. The Labute approximate surface area is 127 Å². The second-order valence-electron chi connectivity index (χ2n) is 6.16. The van der Waals surface area contributed by atoms with Crippen molar-refractivity contribution in [1.29, 1.82) is 0 Å². The van der Waals surface area contributed by atoms with Crippen molar-refractivity contribution in [1.82, 2.24) is 10.3 Å². The van der Waals surface area contributed by atoms with Crippen LogP contribution in [0.25, 0.3) is 0 Å². The molecule has 0 radical (unpaired) electrons. The first kappa shape index (κ1) is 15.8. The van der Waals surface area contributed by atoms with Crippen LogP contribution in [-0.2, 0) is 6.54 Å². The van der Waals surface area contributed by atoms with Crippen LogP contribution in [0.5, 0.6) is 0 Å². The molecule has 0 amide bonds. The van der Waals surface area contributed by atoms with E-state index in [-0.39, 0.29) is 0 Å². The van der Waals surface area contributed by atoms with Gasteiger partial charge in [-0.3, -0.25) is 0 Å². The topological polar surface area (TPSA) is 28.2 Å². The Bertz CT molecular complexity index is 423. The highest BCUT2D eigenvalue weighted by atomic mass is 32.1. The number of aromatic nitrogens is 1. The minimum absolute atomic E-state index is 0.532. The van der Waals surface area contributed by atoms with E-state index in [2.05, 4.69) is 44.8 Å². The molecule has 114 valence electrons. The summed E-state index contributed by atoms with van der Waals surface area (Å²) in [6.07, 6.45) is 3.83. The van der Waals surface area contributed by atoms with Gasteiger partial charge in [-0.25, -0.2) is 4.98 Å². The van der Waals surface area contributed by atoms with Crippen molar-refractivity contribution in [3.63, 3.8) is 0 Å². The third-order valence-corrected chi connectivity index (χ3v) is 5.17. The second-order valence-corrected chi connectivity index (χ2v) is 7.22. The molecule has 1 aromatic heterocycles. The number of nitrogens with zero attached hydrogens (tertiary/aromatic N) is 2. The van der Waals surface area contributed by atoms with Crippen LogP contribution in [-0.4, -0.2) is 23.6 Å². The van der Waals surface area contributed by atoms with Crippen molar-refractivity contribution in [2.45, 2.75) is 78.4 Å². The SMILES string of the molecule is CCC(C)N(CC)c1nc(C2CC2)c(CNC(C)C)s1. The lowest BCUT2D eigenvalue weighted by molar-refractivity contribution is 0.590. The normalized spacial score (nSPS) is 16.7. The third kappa shape index (κ3) is 3.73. The Kier molecular flexibility index (Phi) is 5.44. The van der Waals surface area contributed by atoms with Gasteiger partial charge in [-0.1, -0.05) is 20.8 Å². The van der Waals surface area contributed by atoms with Gasteiger partial charge >= 0.3 is 0 Å². The van der Waals surface area contributed by atoms with Crippen molar-refractivity contribution in [3.8, 4) is 0 Å². The average molecular weight is 295 g/mol. The molecule has 0 aromatic carbocycles. The van der Waals surface area contributed by atoms with Gasteiger partial charge in [0.1, 0.15) is 0 Å². The number of nitrogens with one attached hydrogen (secondary N) is 1. The summed E-state index contributed by atoms with van der Waals surface area (Å²) in [6.45, 7) is 13.2. The summed E-state index contributed by atoms with van der Waals surface area (Å²) in [6, 6.07) is 1.11. The molecule has 1 fully saturated rings. The molecule has 1 unspecified atom stereocenters. The Morgan fingerprint density at radius 3 is 2.50 bits per heavy atom. The Hall–Kier alpha value is -0.610. The molecule has 1 atom stereocenters.